The molecule has 8 heteroatoms. The van der Waals surface area contributed by atoms with Gasteiger partial charge in [0, 0.05) is 13.2 Å². The molecule has 0 aliphatic carbocycles. The quantitative estimate of drug-likeness (QED) is 0.883. The van der Waals surface area contributed by atoms with E-state index in [4.69, 9.17) is 34.8 Å². The van der Waals surface area contributed by atoms with Crippen LogP contribution in [0.5, 0.6) is 0 Å². The van der Waals surface area contributed by atoms with Gasteiger partial charge in [-0.25, -0.2) is 4.79 Å². The molecule has 0 spiro atoms. The van der Waals surface area contributed by atoms with Gasteiger partial charge >= 0.3 is 5.97 Å². The predicted molar refractivity (Wildman–Crippen MR) is 81.8 cm³/mol. The summed E-state index contributed by atoms with van der Waals surface area (Å²) in [6, 6.07) is 4.21. The zero-order valence-corrected chi connectivity index (χ0v) is 12.9. The van der Waals surface area contributed by atoms with Crippen molar-refractivity contribution in [2.75, 3.05) is 5.32 Å². The number of hydrogen-bond donors (Lipinski definition) is 2. The van der Waals surface area contributed by atoms with Crippen molar-refractivity contribution < 1.29 is 14.7 Å². The Morgan fingerprint density at radius 2 is 1.81 bits per heavy atom. The molecule has 21 heavy (non-hydrogen) atoms. The highest BCUT2D eigenvalue weighted by atomic mass is 35.5. The summed E-state index contributed by atoms with van der Waals surface area (Å²) in [5.41, 5.74) is -0.0656. The van der Waals surface area contributed by atoms with Gasteiger partial charge in [0.05, 0.1) is 20.8 Å². The second-order valence-electron chi connectivity index (χ2n) is 4.19. The van der Waals surface area contributed by atoms with Crippen LogP contribution in [0.3, 0.4) is 0 Å². The minimum Gasteiger partial charge on any atom is -0.478 e. The lowest BCUT2D eigenvalue weighted by molar-refractivity contribution is 0.0698. The zero-order valence-electron chi connectivity index (χ0n) is 10.7. The lowest BCUT2D eigenvalue weighted by atomic mass is 10.1. The van der Waals surface area contributed by atoms with Crippen molar-refractivity contribution in [1.82, 2.24) is 4.57 Å². The molecule has 110 valence electrons. The van der Waals surface area contributed by atoms with E-state index >= 15 is 0 Å². The maximum absolute atomic E-state index is 12.2. The molecule has 0 fully saturated rings. The fourth-order valence-electron chi connectivity index (χ4n) is 1.81. The van der Waals surface area contributed by atoms with E-state index in [0.29, 0.717) is 5.02 Å². The number of hydrogen-bond acceptors (Lipinski definition) is 2. The molecular formula is C13H9Cl3N2O3. The van der Waals surface area contributed by atoms with Gasteiger partial charge in [0.15, 0.2) is 0 Å². The Morgan fingerprint density at radius 1 is 1.19 bits per heavy atom. The molecule has 2 aromatic rings. The van der Waals surface area contributed by atoms with Crippen LogP contribution < -0.4 is 5.32 Å². The molecule has 1 heterocycles. The molecular weight excluding hydrogens is 339 g/mol. The van der Waals surface area contributed by atoms with Crippen LogP contribution in [-0.4, -0.2) is 21.6 Å². The highest BCUT2D eigenvalue weighted by Gasteiger charge is 2.21. The summed E-state index contributed by atoms with van der Waals surface area (Å²) >= 11 is 17.6. The number of carbonyl (C=O) groups is 2. The first kappa shape index (κ1) is 15.7. The van der Waals surface area contributed by atoms with Crippen LogP contribution in [0.4, 0.5) is 5.69 Å². The van der Waals surface area contributed by atoms with Crippen molar-refractivity contribution in [3.63, 3.8) is 0 Å². The zero-order chi connectivity index (χ0) is 15.7. The molecule has 0 bridgehead atoms. The number of nitrogens with one attached hydrogen (secondary N) is 1. The molecule has 0 saturated heterocycles. The van der Waals surface area contributed by atoms with Crippen molar-refractivity contribution >= 4 is 52.4 Å². The largest absolute Gasteiger partial charge is 0.478 e. The van der Waals surface area contributed by atoms with E-state index in [1.807, 2.05) is 0 Å². The third-order valence-corrected chi connectivity index (χ3v) is 3.60. The number of carboxylic acids is 1. The number of rotatable bonds is 3. The highest BCUT2D eigenvalue weighted by Crippen LogP contribution is 2.32. The van der Waals surface area contributed by atoms with E-state index in [-0.39, 0.29) is 27.0 Å². The van der Waals surface area contributed by atoms with E-state index < -0.39 is 11.9 Å². The molecule has 1 aromatic heterocycles. The lowest BCUT2D eigenvalue weighted by Crippen LogP contribution is -2.18. The average Bonchev–Trinajstić information content (AvgIpc) is 2.72. The molecule has 1 aromatic carbocycles. The fourth-order valence-corrected chi connectivity index (χ4v) is 2.50. The Morgan fingerprint density at radius 3 is 2.33 bits per heavy atom. The molecule has 0 saturated carbocycles. The number of aryl methyl sites for hydroxylation is 1. The first-order chi connectivity index (χ1) is 9.81. The maximum atomic E-state index is 12.2. The predicted octanol–water partition coefficient (Wildman–Crippen LogP) is 3.94. The van der Waals surface area contributed by atoms with E-state index in [9.17, 15) is 14.7 Å². The monoisotopic (exact) mass is 346 g/mol. The SMILES string of the molecule is Cn1cc(Cl)cc1C(=O)Nc1c(Cl)ccc(Cl)c1C(=O)O. The van der Waals surface area contributed by atoms with Gasteiger partial charge in [-0.2, -0.15) is 0 Å². The van der Waals surface area contributed by atoms with E-state index in [1.54, 1.807) is 13.2 Å². The van der Waals surface area contributed by atoms with Crippen molar-refractivity contribution in [2.24, 2.45) is 7.05 Å². The van der Waals surface area contributed by atoms with Gasteiger partial charge in [0.2, 0.25) is 0 Å². The van der Waals surface area contributed by atoms with Gasteiger partial charge in [-0.05, 0) is 18.2 Å². The smallest absolute Gasteiger partial charge is 0.339 e. The maximum Gasteiger partial charge on any atom is 0.339 e. The van der Waals surface area contributed by atoms with Crippen molar-refractivity contribution in [1.29, 1.82) is 0 Å². The van der Waals surface area contributed by atoms with Gasteiger partial charge < -0.3 is 15.0 Å². The number of aromatic nitrogens is 1. The number of anilines is 1. The van der Waals surface area contributed by atoms with Gasteiger partial charge in [0.25, 0.3) is 5.91 Å². The van der Waals surface area contributed by atoms with Crippen LogP contribution in [-0.2, 0) is 7.05 Å². The van der Waals surface area contributed by atoms with E-state index in [0.717, 1.165) is 0 Å². The summed E-state index contributed by atoms with van der Waals surface area (Å²) in [7, 11) is 1.64. The Labute approximate surface area is 135 Å². The third-order valence-electron chi connectivity index (χ3n) is 2.76. The van der Waals surface area contributed by atoms with E-state index in [1.165, 1.54) is 22.8 Å². The van der Waals surface area contributed by atoms with Gasteiger partial charge in [-0.3, -0.25) is 4.79 Å². The summed E-state index contributed by atoms with van der Waals surface area (Å²) in [5, 5.41) is 12.1. The molecule has 0 aliphatic heterocycles. The number of nitrogens with zero attached hydrogens (tertiary/aromatic N) is 1. The highest BCUT2D eigenvalue weighted by molar-refractivity contribution is 6.39. The first-order valence-electron chi connectivity index (χ1n) is 5.65. The summed E-state index contributed by atoms with van der Waals surface area (Å²) in [5.74, 6) is -1.83. The topological polar surface area (TPSA) is 71.3 Å². The molecule has 0 radical (unpaired) electrons. The second-order valence-corrected chi connectivity index (χ2v) is 5.44. The molecule has 2 N–H and O–H groups in total. The number of amides is 1. The number of benzene rings is 1. The number of carboxylic acid groups (broad SMARTS) is 1. The van der Waals surface area contributed by atoms with Crippen LogP contribution in [0.25, 0.3) is 0 Å². The molecule has 0 unspecified atom stereocenters. The Kier molecular flexibility index (Phi) is 4.46. The number of aromatic carboxylic acids is 1. The van der Waals surface area contributed by atoms with Gasteiger partial charge in [-0.15, -0.1) is 0 Å². The van der Waals surface area contributed by atoms with Crippen LogP contribution in [0.15, 0.2) is 24.4 Å². The van der Waals surface area contributed by atoms with Crippen LogP contribution in [0.2, 0.25) is 15.1 Å². The standard InChI is InChI=1S/C13H9Cl3N2O3/c1-18-5-6(14)4-9(18)12(19)17-11-8(16)3-2-7(15)10(11)13(20)21/h2-5H,1H3,(H,17,19)(H,20,21). The summed E-state index contributed by atoms with van der Waals surface area (Å²) in [6.45, 7) is 0. The van der Waals surface area contributed by atoms with Crippen molar-refractivity contribution in [3.8, 4) is 0 Å². The number of carbonyl (C=O) groups excluding carboxylic acids is 1. The van der Waals surface area contributed by atoms with Gasteiger partial charge in [-0.1, -0.05) is 34.8 Å². The normalized spacial score (nSPS) is 10.5. The Hall–Kier alpha value is -1.69. The lowest BCUT2D eigenvalue weighted by Gasteiger charge is -2.12. The Balaban J connectivity index is 2.44. The summed E-state index contributed by atoms with van der Waals surface area (Å²) in [4.78, 5) is 23.5. The molecule has 1 amide bonds. The minimum atomic E-state index is -1.29. The van der Waals surface area contributed by atoms with Crippen LogP contribution in [0.1, 0.15) is 20.8 Å². The summed E-state index contributed by atoms with van der Waals surface area (Å²) < 4.78 is 1.51. The molecule has 0 atom stereocenters. The number of halogens is 3. The Bertz CT molecular complexity index is 741. The summed E-state index contributed by atoms with van der Waals surface area (Å²) in [6.07, 6.45) is 1.55. The fraction of sp³-hybridized carbons (Fsp3) is 0.0769. The second kappa shape index (κ2) is 5.97. The molecule has 5 nitrogen and oxygen atoms in total. The minimum absolute atomic E-state index is 0.0212. The molecule has 0 aliphatic rings. The van der Waals surface area contributed by atoms with E-state index in [2.05, 4.69) is 5.32 Å². The average molecular weight is 348 g/mol. The van der Waals surface area contributed by atoms with Crippen molar-refractivity contribution in [2.45, 2.75) is 0 Å². The van der Waals surface area contributed by atoms with Crippen molar-refractivity contribution in [3.05, 3.63) is 50.7 Å². The van der Waals surface area contributed by atoms with Gasteiger partial charge in [0.1, 0.15) is 11.3 Å². The van der Waals surface area contributed by atoms with Crippen LogP contribution >= 0.6 is 34.8 Å². The van der Waals surface area contributed by atoms with Crippen LogP contribution in [0, 0.1) is 0 Å². The first-order valence-corrected chi connectivity index (χ1v) is 6.79. The third kappa shape index (κ3) is 3.15. The molecule has 2 rings (SSSR count).